The van der Waals surface area contributed by atoms with E-state index in [0.717, 1.165) is 25.2 Å². The third-order valence-corrected chi connectivity index (χ3v) is 2.54. The first-order valence-electron chi connectivity index (χ1n) is 4.34. The molecule has 0 spiro atoms. The second kappa shape index (κ2) is 2.25. The molecular weight excluding hydrogens is 168 g/mol. The zero-order chi connectivity index (χ0) is 8.84. The molecule has 0 bridgehead atoms. The molecule has 0 N–H and O–H groups in total. The van der Waals surface area contributed by atoms with Crippen molar-refractivity contribution in [2.24, 2.45) is 15.0 Å². The highest BCUT2D eigenvalue weighted by atomic mass is 16.2. The van der Waals surface area contributed by atoms with E-state index in [-0.39, 0.29) is 11.9 Å². The normalized spacial score (nSPS) is 30.0. The van der Waals surface area contributed by atoms with Gasteiger partial charge >= 0.3 is 0 Å². The minimum absolute atomic E-state index is 0.134. The Morgan fingerprint density at radius 3 is 3.38 bits per heavy atom. The summed E-state index contributed by atoms with van der Waals surface area (Å²) < 4.78 is 0. The molecule has 1 amide bonds. The van der Waals surface area contributed by atoms with Gasteiger partial charge in [-0.25, -0.2) is 9.98 Å². The minimum Gasteiger partial charge on any atom is -0.341 e. The van der Waals surface area contributed by atoms with Gasteiger partial charge in [0.15, 0.2) is 11.9 Å². The largest absolute Gasteiger partial charge is 0.341 e. The van der Waals surface area contributed by atoms with Crippen molar-refractivity contribution in [3.63, 3.8) is 0 Å². The topological polar surface area (TPSA) is 57.4 Å². The molecule has 3 rings (SSSR count). The van der Waals surface area contributed by atoms with Crippen molar-refractivity contribution >= 4 is 23.9 Å². The molecule has 0 aromatic rings. The number of rotatable bonds is 0. The molecule has 1 saturated heterocycles. The Balaban J connectivity index is 2.07. The molecule has 1 fully saturated rings. The van der Waals surface area contributed by atoms with E-state index in [2.05, 4.69) is 15.0 Å². The van der Waals surface area contributed by atoms with Gasteiger partial charge in [-0.1, -0.05) is 0 Å². The lowest BCUT2D eigenvalue weighted by molar-refractivity contribution is -0.119. The van der Waals surface area contributed by atoms with Gasteiger partial charge in [0.05, 0.1) is 0 Å². The summed E-state index contributed by atoms with van der Waals surface area (Å²) in [6, 6.07) is -0.303. The fraction of sp³-hybridized carbons (Fsp3) is 0.500. The SMILES string of the molecule is O=C1N=CN=C2N=C3CCCN3C12. The van der Waals surface area contributed by atoms with Crippen LogP contribution in [0.3, 0.4) is 0 Å². The number of hydrogen-bond acceptors (Lipinski definition) is 4. The molecule has 3 aliphatic rings. The molecule has 0 radical (unpaired) electrons. The van der Waals surface area contributed by atoms with E-state index in [1.54, 1.807) is 0 Å². The lowest BCUT2D eigenvalue weighted by Crippen LogP contribution is -2.42. The number of amides is 1. The average molecular weight is 176 g/mol. The van der Waals surface area contributed by atoms with E-state index in [1.807, 2.05) is 4.90 Å². The van der Waals surface area contributed by atoms with Gasteiger partial charge in [0.1, 0.15) is 12.2 Å². The molecule has 1 unspecified atom stereocenters. The van der Waals surface area contributed by atoms with Crippen molar-refractivity contribution in [2.45, 2.75) is 18.9 Å². The summed E-state index contributed by atoms with van der Waals surface area (Å²) in [5, 5.41) is 0. The Kier molecular flexibility index (Phi) is 1.20. The fourth-order valence-electron chi connectivity index (χ4n) is 1.97. The number of aliphatic imine (C=N–C) groups is 3. The monoisotopic (exact) mass is 176 g/mol. The van der Waals surface area contributed by atoms with E-state index in [0.29, 0.717) is 5.84 Å². The van der Waals surface area contributed by atoms with Gasteiger partial charge < -0.3 is 4.90 Å². The van der Waals surface area contributed by atoms with Gasteiger partial charge in [-0.15, -0.1) is 0 Å². The molecule has 13 heavy (non-hydrogen) atoms. The van der Waals surface area contributed by atoms with Crippen LogP contribution >= 0.6 is 0 Å². The molecule has 0 aliphatic carbocycles. The second-order valence-corrected chi connectivity index (χ2v) is 3.30. The van der Waals surface area contributed by atoms with Crippen molar-refractivity contribution in [3.8, 4) is 0 Å². The Labute approximate surface area is 74.9 Å². The lowest BCUT2D eigenvalue weighted by Gasteiger charge is -2.20. The maximum atomic E-state index is 11.4. The molecular formula is C8H8N4O. The second-order valence-electron chi connectivity index (χ2n) is 3.30. The van der Waals surface area contributed by atoms with E-state index in [9.17, 15) is 4.79 Å². The minimum atomic E-state index is -0.303. The van der Waals surface area contributed by atoms with Crippen LogP contribution < -0.4 is 0 Å². The van der Waals surface area contributed by atoms with E-state index in [4.69, 9.17) is 0 Å². The number of nitrogens with zero attached hydrogens (tertiary/aromatic N) is 4. The van der Waals surface area contributed by atoms with Gasteiger partial charge in [-0.05, 0) is 6.42 Å². The lowest BCUT2D eigenvalue weighted by atomic mass is 10.2. The number of amidine groups is 2. The molecule has 3 aliphatic heterocycles. The quantitative estimate of drug-likeness (QED) is 0.514. The van der Waals surface area contributed by atoms with E-state index >= 15 is 0 Å². The first kappa shape index (κ1) is 6.94. The van der Waals surface area contributed by atoms with Crippen LogP contribution in [0.15, 0.2) is 15.0 Å². The molecule has 0 aromatic carbocycles. The molecule has 5 nitrogen and oxygen atoms in total. The first-order valence-corrected chi connectivity index (χ1v) is 4.34. The van der Waals surface area contributed by atoms with Crippen LogP contribution in [-0.2, 0) is 4.79 Å². The van der Waals surface area contributed by atoms with Crippen molar-refractivity contribution < 1.29 is 4.79 Å². The van der Waals surface area contributed by atoms with Gasteiger partial charge in [0.25, 0.3) is 5.91 Å². The highest BCUT2D eigenvalue weighted by Gasteiger charge is 2.41. The Hall–Kier alpha value is -1.52. The predicted octanol–water partition coefficient (Wildman–Crippen LogP) is -0.170. The van der Waals surface area contributed by atoms with Gasteiger partial charge in [0, 0.05) is 13.0 Å². The molecule has 0 aromatic heterocycles. The summed E-state index contributed by atoms with van der Waals surface area (Å²) in [5.41, 5.74) is 0. The van der Waals surface area contributed by atoms with Crippen LogP contribution in [0, 0.1) is 0 Å². The standard InChI is InChI=1S/C8H8N4O/c13-8-6-7(9-4-10-8)11-5-2-1-3-12(5)6/h4,6H,1-3H2. The van der Waals surface area contributed by atoms with Gasteiger partial charge in [0.2, 0.25) is 0 Å². The zero-order valence-electron chi connectivity index (χ0n) is 6.97. The van der Waals surface area contributed by atoms with Crippen LogP contribution in [-0.4, -0.2) is 41.4 Å². The molecule has 0 saturated carbocycles. The summed E-state index contributed by atoms with van der Waals surface area (Å²) in [4.78, 5) is 25.4. The van der Waals surface area contributed by atoms with Crippen LogP contribution in [0.1, 0.15) is 12.8 Å². The van der Waals surface area contributed by atoms with Crippen LogP contribution in [0.4, 0.5) is 0 Å². The maximum absolute atomic E-state index is 11.4. The van der Waals surface area contributed by atoms with Crippen LogP contribution in [0.25, 0.3) is 0 Å². The van der Waals surface area contributed by atoms with Gasteiger partial charge in [-0.2, -0.15) is 4.99 Å². The Bertz CT molecular complexity index is 368. The van der Waals surface area contributed by atoms with Crippen molar-refractivity contribution in [1.29, 1.82) is 0 Å². The highest BCUT2D eigenvalue weighted by Crippen LogP contribution is 2.24. The van der Waals surface area contributed by atoms with Crippen LogP contribution in [0.5, 0.6) is 0 Å². The third-order valence-electron chi connectivity index (χ3n) is 2.54. The molecule has 3 heterocycles. The first-order chi connectivity index (χ1) is 6.36. The third kappa shape index (κ3) is 0.811. The Morgan fingerprint density at radius 2 is 2.46 bits per heavy atom. The molecule has 1 atom stereocenters. The number of carbonyl (C=O) groups is 1. The number of fused-ring (bicyclic) bond motifs is 3. The predicted molar refractivity (Wildman–Crippen MR) is 48.1 cm³/mol. The summed E-state index contributed by atoms with van der Waals surface area (Å²) in [6.45, 7) is 0.907. The highest BCUT2D eigenvalue weighted by molar-refractivity contribution is 6.22. The number of hydrogen-bond donors (Lipinski definition) is 0. The van der Waals surface area contributed by atoms with Crippen molar-refractivity contribution in [2.75, 3.05) is 6.54 Å². The van der Waals surface area contributed by atoms with Crippen molar-refractivity contribution in [1.82, 2.24) is 4.90 Å². The summed E-state index contributed by atoms with van der Waals surface area (Å²) in [5.74, 6) is 1.49. The zero-order valence-corrected chi connectivity index (χ0v) is 6.97. The molecule has 66 valence electrons. The maximum Gasteiger partial charge on any atom is 0.277 e. The van der Waals surface area contributed by atoms with E-state index < -0.39 is 0 Å². The fourth-order valence-corrected chi connectivity index (χ4v) is 1.97. The number of carbonyl (C=O) groups excluding carboxylic acids is 1. The Morgan fingerprint density at radius 1 is 1.54 bits per heavy atom. The smallest absolute Gasteiger partial charge is 0.277 e. The summed E-state index contributed by atoms with van der Waals surface area (Å²) >= 11 is 0. The van der Waals surface area contributed by atoms with Crippen molar-refractivity contribution in [3.05, 3.63) is 0 Å². The van der Waals surface area contributed by atoms with Crippen LogP contribution in [0.2, 0.25) is 0 Å². The average Bonchev–Trinajstić information content (AvgIpc) is 2.62. The summed E-state index contributed by atoms with van der Waals surface area (Å²) in [7, 11) is 0. The summed E-state index contributed by atoms with van der Waals surface area (Å²) in [6.07, 6.45) is 3.34. The molecule has 5 heteroatoms. The van der Waals surface area contributed by atoms with E-state index in [1.165, 1.54) is 6.34 Å². The van der Waals surface area contributed by atoms with Gasteiger partial charge in [-0.3, -0.25) is 4.79 Å².